The molecule has 2 aliphatic rings. The zero-order valence-electron chi connectivity index (χ0n) is 11.3. The summed E-state index contributed by atoms with van der Waals surface area (Å²) in [5.74, 6) is 0.861. The first-order chi connectivity index (χ1) is 9.39. The van der Waals surface area contributed by atoms with Gasteiger partial charge in [-0.05, 0) is 25.0 Å². The van der Waals surface area contributed by atoms with Crippen molar-refractivity contribution in [2.24, 2.45) is 5.92 Å². The van der Waals surface area contributed by atoms with Gasteiger partial charge < -0.3 is 14.2 Å². The molecule has 0 unspecified atom stereocenters. The lowest BCUT2D eigenvalue weighted by atomic mass is 9.83. The Kier molecular flexibility index (Phi) is 4.04. The minimum absolute atomic E-state index is 0.479. The summed E-state index contributed by atoms with van der Waals surface area (Å²) in [4.78, 5) is 0. The summed E-state index contributed by atoms with van der Waals surface area (Å²) < 4.78 is 17.8. The van der Waals surface area contributed by atoms with Gasteiger partial charge >= 0.3 is 0 Å². The monoisotopic (exact) mass is 262 g/mol. The smallest absolute Gasteiger partial charge is 0.205 e. The summed E-state index contributed by atoms with van der Waals surface area (Å²) in [6.07, 6.45) is 6.29. The predicted molar refractivity (Wildman–Crippen MR) is 73.1 cm³/mol. The van der Waals surface area contributed by atoms with Gasteiger partial charge in [0.25, 0.3) is 0 Å². The van der Waals surface area contributed by atoms with Gasteiger partial charge in [0.1, 0.15) is 12.4 Å². The van der Waals surface area contributed by atoms with Crippen LogP contribution in [0.1, 0.15) is 32.1 Å². The maximum Gasteiger partial charge on any atom is 0.205 e. The molecular weight excluding hydrogens is 240 g/mol. The third-order valence-electron chi connectivity index (χ3n) is 4.19. The number of rotatable bonds is 4. The number of ether oxygens (including phenoxy) is 3. The van der Waals surface area contributed by atoms with Gasteiger partial charge in [0, 0.05) is 5.92 Å². The molecule has 1 aliphatic carbocycles. The summed E-state index contributed by atoms with van der Waals surface area (Å²) in [6, 6.07) is 9.91. The van der Waals surface area contributed by atoms with Crippen molar-refractivity contribution in [3.63, 3.8) is 0 Å². The molecule has 1 aromatic carbocycles. The Balaban J connectivity index is 1.66. The van der Waals surface area contributed by atoms with Crippen molar-refractivity contribution in [1.29, 1.82) is 0 Å². The zero-order valence-corrected chi connectivity index (χ0v) is 11.3. The summed E-state index contributed by atoms with van der Waals surface area (Å²) in [7, 11) is 0. The standard InChI is InChI=1S/C16H22O3/c1-3-7-14(8-4-1)16(18-11-12-19-16)13-17-15-9-5-2-6-10-15/h2,5-6,9-10,14H,1,3-4,7-8,11-13H2. The molecule has 0 bridgehead atoms. The van der Waals surface area contributed by atoms with Crippen LogP contribution in [0.25, 0.3) is 0 Å². The predicted octanol–water partition coefficient (Wildman–Crippen LogP) is 3.39. The second-order valence-corrected chi connectivity index (χ2v) is 5.45. The van der Waals surface area contributed by atoms with Gasteiger partial charge in [0.05, 0.1) is 13.2 Å². The van der Waals surface area contributed by atoms with Crippen molar-refractivity contribution >= 4 is 0 Å². The Hall–Kier alpha value is -1.06. The van der Waals surface area contributed by atoms with Crippen molar-refractivity contribution in [1.82, 2.24) is 0 Å². The molecule has 3 rings (SSSR count). The first kappa shape index (κ1) is 12.9. The first-order valence-electron chi connectivity index (χ1n) is 7.35. The number of para-hydroxylation sites is 1. The molecule has 0 radical (unpaired) electrons. The van der Waals surface area contributed by atoms with Crippen LogP contribution in [0.15, 0.2) is 30.3 Å². The Bertz CT molecular complexity index is 378. The number of hydrogen-bond acceptors (Lipinski definition) is 3. The van der Waals surface area contributed by atoms with Crippen molar-refractivity contribution in [2.75, 3.05) is 19.8 Å². The summed E-state index contributed by atoms with van der Waals surface area (Å²) in [5.41, 5.74) is 0. The van der Waals surface area contributed by atoms with Gasteiger partial charge in [-0.25, -0.2) is 0 Å². The highest BCUT2D eigenvalue weighted by Crippen LogP contribution is 2.38. The molecule has 1 saturated heterocycles. The fourth-order valence-corrected chi connectivity index (χ4v) is 3.15. The Morgan fingerprint density at radius 1 is 1.00 bits per heavy atom. The van der Waals surface area contributed by atoms with Crippen LogP contribution in [0.2, 0.25) is 0 Å². The molecule has 1 aliphatic heterocycles. The van der Waals surface area contributed by atoms with Crippen molar-refractivity contribution in [3.05, 3.63) is 30.3 Å². The van der Waals surface area contributed by atoms with Crippen LogP contribution >= 0.6 is 0 Å². The third-order valence-corrected chi connectivity index (χ3v) is 4.19. The van der Waals surface area contributed by atoms with Crippen LogP contribution in [0.4, 0.5) is 0 Å². The lowest BCUT2D eigenvalue weighted by Crippen LogP contribution is -2.45. The third kappa shape index (κ3) is 2.93. The summed E-state index contributed by atoms with van der Waals surface area (Å²) in [5, 5.41) is 0. The van der Waals surface area contributed by atoms with Crippen molar-refractivity contribution < 1.29 is 14.2 Å². The van der Waals surface area contributed by atoms with Gasteiger partial charge in [-0.2, -0.15) is 0 Å². The van der Waals surface area contributed by atoms with Crippen LogP contribution in [-0.4, -0.2) is 25.6 Å². The Morgan fingerprint density at radius 3 is 2.37 bits per heavy atom. The minimum atomic E-state index is -0.504. The molecule has 2 fully saturated rings. The topological polar surface area (TPSA) is 27.7 Å². The summed E-state index contributed by atoms with van der Waals surface area (Å²) in [6.45, 7) is 1.88. The van der Waals surface area contributed by atoms with Crippen molar-refractivity contribution in [3.8, 4) is 5.75 Å². The molecule has 3 heteroatoms. The fourth-order valence-electron chi connectivity index (χ4n) is 3.15. The molecular formula is C16H22O3. The van der Waals surface area contributed by atoms with Gasteiger partial charge in [-0.3, -0.25) is 0 Å². The van der Waals surface area contributed by atoms with E-state index in [1.165, 1.54) is 32.1 Å². The highest BCUT2D eigenvalue weighted by Gasteiger charge is 2.45. The first-order valence-corrected chi connectivity index (χ1v) is 7.35. The Labute approximate surface area is 114 Å². The largest absolute Gasteiger partial charge is 0.488 e. The SMILES string of the molecule is c1ccc(OCC2(C3CCCCC3)OCCO2)cc1. The van der Waals surface area contributed by atoms with Crippen LogP contribution in [0.3, 0.4) is 0 Å². The van der Waals surface area contributed by atoms with E-state index in [0.717, 1.165) is 5.75 Å². The highest BCUT2D eigenvalue weighted by atomic mass is 16.8. The van der Waals surface area contributed by atoms with E-state index >= 15 is 0 Å². The molecule has 19 heavy (non-hydrogen) atoms. The van der Waals surface area contributed by atoms with Crippen molar-refractivity contribution in [2.45, 2.75) is 37.9 Å². The molecule has 0 amide bonds. The van der Waals surface area contributed by atoms with E-state index in [2.05, 4.69) is 0 Å². The quantitative estimate of drug-likeness (QED) is 0.832. The van der Waals surface area contributed by atoms with E-state index in [1.807, 2.05) is 30.3 Å². The average Bonchev–Trinajstić information content (AvgIpc) is 2.97. The zero-order chi connectivity index (χ0) is 13.0. The molecule has 1 aromatic rings. The van der Waals surface area contributed by atoms with E-state index in [0.29, 0.717) is 25.7 Å². The molecule has 0 aromatic heterocycles. The average molecular weight is 262 g/mol. The normalized spacial score (nSPS) is 23.4. The van der Waals surface area contributed by atoms with Gasteiger partial charge in [0.15, 0.2) is 0 Å². The van der Waals surface area contributed by atoms with Crippen LogP contribution in [0.5, 0.6) is 5.75 Å². The lowest BCUT2D eigenvalue weighted by molar-refractivity contribution is -0.218. The summed E-state index contributed by atoms with van der Waals surface area (Å²) >= 11 is 0. The van der Waals surface area contributed by atoms with Gasteiger partial charge in [0.2, 0.25) is 5.79 Å². The maximum atomic E-state index is 5.95. The molecule has 1 heterocycles. The van der Waals surface area contributed by atoms with Crippen LogP contribution in [-0.2, 0) is 9.47 Å². The van der Waals surface area contributed by atoms with Crippen LogP contribution in [0, 0.1) is 5.92 Å². The maximum absolute atomic E-state index is 5.95. The van der Waals surface area contributed by atoms with E-state index in [-0.39, 0.29) is 0 Å². The molecule has 0 atom stereocenters. The van der Waals surface area contributed by atoms with E-state index in [4.69, 9.17) is 14.2 Å². The molecule has 104 valence electrons. The second kappa shape index (κ2) is 5.93. The molecule has 0 spiro atoms. The lowest BCUT2D eigenvalue weighted by Gasteiger charge is -2.37. The fraction of sp³-hybridized carbons (Fsp3) is 0.625. The highest BCUT2D eigenvalue weighted by molar-refractivity contribution is 5.21. The Morgan fingerprint density at radius 2 is 1.68 bits per heavy atom. The number of benzene rings is 1. The molecule has 3 nitrogen and oxygen atoms in total. The van der Waals surface area contributed by atoms with E-state index in [9.17, 15) is 0 Å². The second-order valence-electron chi connectivity index (χ2n) is 5.45. The molecule has 0 N–H and O–H groups in total. The van der Waals surface area contributed by atoms with Gasteiger partial charge in [-0.1, -0.05) is 37.5 Å². The minimum Gasteiger partial charge on any atom is -0.488 e. The van der Waals surface area contributed by atoms with Crippen LogP contribution < -0.4 is 4.74 Å². The van der Waals surface area contributed by atoms with Gasteiger partial charge in [-0.15, -0.1) is 0 Å². The molecule has 1 saturated carbocycles. The van der Waals surface area contributed by atoms with E-state index < -0.39 is 5.79 Å². The number of hydrogen-bond donors (Lipinski definition) is 0. The van der Waals surface area contributed by atoms with E-state index in [1.54, 1.807) is 0 Å².